The highest BCUT2D eigenvalue weighted by molar-refractivity contribution is 7.22. The van der Waals surface area contributed by atoms with Crippen LogP contribution in [-0.2, 0) is 6.61 Å². The van der Waals surface area contributed by atoms with E-state index in [1.54, 1.807) is 0 Å². The molecule has 2 aromatic carbocycles. The number of nitrogens with zero attached hydrogens (tertiary/aromatic N) is 2. The van der Waals surface area contributed by atoms with Gasteiger partial charge in [0.1, 0.15) is 12.4 Å². The number of aromatic nitrogens is 2. The Morgan fingerprint density at radius 2 is 2.00 bits per heavy atom. The monoisotopic (exact) mass is 407 g/mol. The van der Waals surface area contributed by atoms with Crippen molar-refractivity contribution in [2.75, 3.05) is 12.4 Å². The van der Waals surface area contributed by atoms with E-state index in [9.17, 15) is 9.90 Å². The topological polar surface area (TPSA) is 93.6 Å². The van der Waals surface area contributed by atoms with E-state index in [1.807, 2.05) is 48.5 Å². The Kier molecular flexibility index (Phi) is 5.26. The van der Waals surface area contributed by atoms with Crippen LogP contribution >= 0.6 is 11.3 Å². The highest BCUT2D eigenvalue weighted by Gasteiger charge is 2.18. The molecule has 29 heavy (non-hydrogen) atoms. The number of anilines is 1. The van der Waals surface area contributed by atoms with E-state index in [0.29, 0.717) is 11.7 Å². The van der Waals surface area contributed by atoms with Gasteiger partial charge in [-0.1, -0.05) is 41.7 Å². The van der Waals surface area contributed by atoms with Crippen molar-refractivity contribution >= 4 is 32.6 Å². The van der Waals surface area contributed by atoms with Gasteiger partial charge in [0, 0.05) is 12.3 Å². The average molecular weight is 407 g/mol. The molecule has 0 fully saturated rings. The first kappa shape index (κ1) is 18.7. The molecule has 2 aromatic heterocycles. The molecule has 2 N–H and O–H groups in total. The number of ether oxygens (including phenoxy) is 2. The van der Waals surface area contributed by atoms with Crippen LogP contribution in [0.2, 0.25) is 0 Å². The number of aromatic hydroxyl groups is 1. The lowest BCUT2D eigenvalue weighted by Gasteiger charge is -2.06. The molecule has 2 heterocycles. The molecule has 7 nitrogen and oxygen atoms in total. The van der Waals surface area contributed by atoms with Gasteiger partial charge in [-0.25, -0.2) is 9.97 Å². The molecule has 4 aromatic rings. The van der Waals surface area contributed by atoms with Crippen LogP contribution in [0.3, 0.4) is 0 Å². The predicted octanol–water partition coefficient (Wildman–Crippen LogP) is 4.24. The summed E-state index contributed by atoms with van der Waals surface area (Å²) < 4.78 is 11.7. The SMILES string of the molecule is COc1ccnc(C(=O)Nc2nc3ccc(OCc4ccccc4)cc3s2)c1O. The number of hydrogen-bond acceptors (Lipinski definition) is 7. The molecule has 0 saturated carbocycles. The van der Waals surface area contributed by atoms with E-state index in [1.165, 1.54) is 30.7 Å². The number of pyridine rings is 1. The number of nitrogens with one attached hydrogen (secondary N) is 1. The van der Waals surface area contributed by atoms with E-state index in [2.05, 4.69) is 15.3 Å². The maximum atomic E-state index is 12.5. The van der Waals surface area contributed by atoms with Gasteiger partial charge < -0.3 is 14.6 Å². The summed E-state index contributed by atoms with van der Waals surface area (Å²) in [6.07, 6.45) is 1.39. The number of benzene rings is 2. The van der Waals surface area contributed by atoms with Crippen molar-refractivity contribution in [3.05, 3.63) is 72.1 Å². The quantitative estimate of drug-likeness (QED) is 0.497. The summed E-state index contributed by atoms with van der Waals surface area (Å²) in [5.74, 6) is 0.0101. The Balaban J connectivity index is 1.49. The molecule has 0 bridgehead atoms. The second kappa shape index (κ2) is 8.15. The van der Waals surface area contributed by atoms with E-state index < -0.39 is 5.91 Å². The van der Waals surface area contributed by atoms with Crippen LogP contribution in [0.4, 0.5) is 5.13 Å². The van der Waals surface area contributed by atoms with Crippen LogP contribution < -0.4 is 14.8 Å². The Morgan fingerprint density at radius 1 is 1.17 bits per heavy atom. The number of thiazole rings is 1. The lowest BCUT2D eigenvalue weighted by molar-refractivity contribution is 0.101. The summed E-state index contributed by atoms with van der Waals surface area (Å²) in [5.41, 5.74) is 1.69. The van der Waals surface area contributed by atoms with Crippen LogP contribution in [0.1, 0.15) is 16.1 Å². The van der Waals surface area contributed by atoms with Crippen LogP contribution in [0.25, 0.3) is 10.2 Å². The molecular weight excluding hydrogens is 390 g/mol. The Bertz CT molecular complexity index is 1160. The van der Waals surface area contributed by atoms with Crippen LogP contribution in [-0.4, -0.2) is 28.1 Å². The van der Waals surface area contributed by atoms with E-state index in [4.69, 9.17) is 9.47 Å². The molecule has 8 heteroatoms. The normalized spacial score (nSPS) is 10.7. The molecule has 0 unspecified atom stereocenters. The largest absolute Gasteiger partial charge is 0.503 e. The number of amides is 1. The highest BCUT2D eigenvalue weighted by atomic mass is 32.1. The van der Waals surface area contributed by atoms with E-state index >= 15 is 0 Å². The number of methoxy groups -OCH3 is 1. The Labute approximate surface area is 170 Å². The van der Waals surface area contributed by atoms with Crippen LogP contribution in [0, 0.1) is 0 Å². The Hall–Kier alpha value is -3.65. The van der Waals surface area contributed by atoms with Gasteiger partial charge in [-0.15, -0.1) is 0 Å². The van der Waals surface area contributed by atoms with Gasteiger partial charge >= 0.3 is 0 Å². The summed E-state index contributed by atoms with van der Waals surface area (Å²) in [7, 11) is 1.40. The summed E-state index contributed by atoms with van der Waals surface area (Å²) in [5, 5.41) is 13.1. The number of carbonyl (C=O) groups excluding carboxylic acids is 1. The minimum Gasteiger partial charge on any atom is -0.503 e. The fourth-order valence-corrected chi connectivity index (χ4v) is 3.60. The number of fused-ring (bicyclic) bond motifs is 1. The summed E-state index contributed by atoms with van der Waals surface area (Å²) in [6.45, 7) is 0.468. The van der Waals surface area contributed by atoms with Gasteiger partial charge in [0.15, 0.2) is 22.3 Å². The number of hydrogen-bond donors (Lipinski definition) is 2. The molecule has 0 aliphatic rings. The average Bonchev–Trinajstić information content (AvgIpc) is 3.14. The molecule has 0 aliphatic heterocycles. The van der Waals surface area contributed by atoms with Crippen molar-refractivity contribution in [1.82, 2.24) is 9.97 Å². The molecule has 0 radical (unpaired) electrons. The van der Waals surface area contributed by atoms with Gasteiger partial charge in [-0.05, 0) is 23.8 Å². The highest BCUT2D eigenvalue weighted by Crippen LogP contribution is 2.31. The van der Waals surface area contributed by atoms with E-state index in [-0.39, 0.29) is 17.2 Å². The van der Waals surface area contributed by atoms with Gasteiger partial charge in [0.25, 0.3) is 5.91 Å². The van der Waals surface area contributed by atoms with Gasteiger partial charge in [-0.3, -0.25) is 10.1 Å². The minimum atomic E-state index is -0.569. The zero-order valence-electron chi connectivity index (χ0n) is 15.5. The third-order valence-corrected chi connectivity index (χ3v) is 5.08. The second-order valence-electron chi connectivity index (χ2n) is 6.09. The third kappa shape index (κ3) is 4.12. The zero-order valence-corrected chi connectivity index (χ0v) is 16.3. The first-order valence-electron chi connectivity index (χ1n) is 8.74. The van der Waals surface area contributed by atoms with Crippen LogP contribution in [0.5, 0.6) is 17.2 Å². The lowest BCUT2D eigenvalue weighted by Crippen LogP contribution is -2.13. The number of carbonyl (C=O) groups is 1. The standard InChI is InChI=1S/C21H17N3O4S/c1-27-16-9-10-22-18(19(16)25)20(26)24-21-23-15-8-7-14(11-17(15)29-21)28-12-13-5-3-2-4-6-13/h2-11,25H,12H2,1H3,(H,23,24,26). The minimum absolute atomic E-state index is 0.129. The molecule has 0 atom stereocenters. The summed E-state index contributed by atoms with van der Waals surface area (Å²) >= 11 is 1.31. The fourth-order valence-electron chi connectivity index (χ4n) is 2.71. The first-order valence-corrected chi connectivity index (χ1v) is 9.56. The maximum absolute atomic E-state index is 12.5. The van der Waals surface area contributed by atoms with Crippen molar-refractivity contribution in [1.29, 1.82) is 0 Å². The van der Waals surface area contributed by atoms with Crippen molar-refractivity contribution < 1.29 is 19.4 Å². The van der Waals surface area contributed by atoms with Crippen molar-refractivity contribution in [3.63, 3.8) is 0 Å². The molecule has 146 valence electrons. The van der Waals surface area contributed by atoms with Crippen molar-refractivity contribution in [2.45, 2.75) is 6.61 Å². The van der Waals surface area contributed by atoms with Crippen molar-refractivity contribution in [3.8, 4) is 17.2 Å². The van der Waals surface area contributed by atoms with Crippen molar-refractivity contribution in [2.24, 2.45) is 0 Å². The molecule has 0 spiro atoms. The van der Waals surface area contributed by atoms with Gasteiger partial charge in [-0.2, -0.15) is 0 Å². The Morgan fingerprint density at radius 3 is 2.79 bits per heavy atom. The van der Waals surface area contributed by atoms with Crippen LogP contribution in [0.15, 0.2) is 60.8 Å². The fraction of sp³-hybridized carbons (Fsp3) is 0.0952. The first-order chi connectivity index (χ1) is 14.1. The number of rotatable bonds is 6. The third-order valence-electron chi connectivity index (χ3n) is 4.15. The zero-order chi connectivity index (χ0) is 20.2. The maximum Gasteiger partial charge on any atom is 0.280 e. The summed E-state index contributed by atoms with van der Waals surface area (Å²) in [4.78, 5) is 20.8. The molecule has 4 rings (SSSR count). The second-order valence-corrected chi connectivity index (χ2v) is 7.12. The predicted molar refractivity (Wildman–Crippen MR) is 111 cm³/mol. The van der Waals surface area contributed by atoms with Gasteiger partial charge in [0.2, 0.25) is 0 Å². The van der Waals surface area contributed by atoms with E-state index in [0.717, 1.165) is 21.5 Å². The van der Waals surface area contributed by atoms with Gasteiger partial charge in [0.05, 0.1) is 17.3 Å². The summed E-state index contributed by atoms with van der Waals surface area (Å²) in [6, 6.07) is 16.9. The lowest BCUT2D eigenvalue weighted by atomic mass is 10.2. The molecule has 0 aliphatic carbocycles. The smallest absolute Gasteiger partial charge is 0.280 e. The molecule has 1 amide bonds. The molecular formula is C21H17N3O4S. The molecule has 0 saturated heterocycles.